The van der Waals surface area contributed by atoms with Crippen LogP contribution in [-0.4, -0.2) is 44.3 Å². The van der Waals surface area contributed by atoms with E-state index in [0.29, 0.717) is 6.04 Å². The van der Waals surface area contributed by atoms with Gasteiger partial charge in [0.2, 0.25) is 0 Å². The maximum absolute atomic E-state index is 5.95. The molecule has 98 valence electrons. The van der Waals surface area contributed by atoms with Crippen molar-refractivity contribution in [3.8, 4) is 0 Å². The minimum Gasteiger partial charge on any atom is -0.383 e. The van der Waals surface area contributed by atoms with Crippen molar-refractivity contribution in [2.75, 3.05) is 33.4 Å². The van der Waals surface area contributed by atoms with Crippen molar-refractivity contribution in [3.05, 3.63) is 0 Å². The highest BCUT2D eigenvalue weighted by atomic mass is 16.5. The van der Waals surface area contributed by atoms with Crippen LogP contribution >= 0.6 is 0 Å². The number of methoxy groups -OCH3 is 1. The van der Waals surface area contributed by atoms with Crippen LogP contribution in [-0.2, 0) is 4.74 Å². The lowest BCUT2D eigenvalue weighted by molar-refractivity contribution is 0.0821. The van der Waals surface area contributed by atoms with Crippen molar-refractivity contribution in [2.45, 2.75) is 46.6 Å². The second kappa shape index (κ2) is 8.04. The SMILES string of the molecule is CCC(CC)(CN)CN(CCOC)C(C)C. The van der Waals surface area contributed by atoms with E-state index in [1.54, 1.807) is 7.11 Å². The molecule has 0 aromatic heterocycles. The van der Waals surface area contributed by atoms with Gasteiger partial charge in [0.15, 0.2) is 0 Å². The molecule has 16 heavy (non-hydrogen) atoms. The third kappa shape index (κ3) is 4.81. The zero-order valence-corrected chi connectivity index (χ0v) is 11.8. The summed E-state index contributed by atoms with van der Waals surface area (Å²) < 4.78 is 5.16. The van der Waals surface area contributed by atoms with E-state index >= 15 is 0 Å². The average Bonchev–Trinajstić information content (AvgIpc) is 2.30. The van der Waals surface area contributed by atoms with Crippen LogP contribution in [0.4, 0.5) is 0 Å². The minimum atomic E-state index is 0.276. The molecule has 0 aliphatic rings. The van der Waals surface area contributed by atoms with E-state index in [1.165, 1.54) is 0 Å². The quantitative estimate of drug-likeness (QED) is 0.659. The van der Waals surface area contributed by atoms with Crippen molar-refractivity contribution in [1.29, 1.82) is 0 Å². The molecule has 0 aromatic rings. The molecule has 0 unspecified atom stereocenters. The lowest BCUT2D eigenvalue weighted by Gasteiger charge is -2.38. The number of hydrogen-bond acceptors (Lipinski definition) is 3. The Morgan fingerprint density at radius 1 is 1.25 bits per heavy atom. The lowest BCUT2D eigenvalue weighted by Crippen LogP contribution is -2.45. The predicted octanol–water partition coefficient (Wildman–Crippen LogP) is 2.11. The van der Waals surface area contributed by atoms with Crippen LogP contribution in [0.2, 0.25) is 0 Å². The molecular weight excluding hydrogens is 200 g/mol. The van der Waals surface area contributed by atoms with Gasteiger partial charge in [0, 0.05) is 26.2 Å². The Morgan fingerprint density at radius 2 is 1.81 bits per heavy atom. The fraction of sp³-hybridized carbons (Fsp3) is 1.00. The van der Waals surface area contributed by atoms with Crippen molar-refractivity contribution < 1.29 is 4.74 Å². The molecule has 2 N–H and O–H groups in total. The van der Waals surface area contributed by atoms with Crippen LogP contribution in [0.25, 0.3) is 0 Å². The van der Waals surface area contributed by atoms with E-state index in [1.807, 2.05) is 0 Å². The zero-order valence-electron chi connectivity index (χ0n) is 11.8. The van der Waals surface area contributed by atoms with Crippen LogP contribution in [0.5, 0.6) is 0 Å². The molecule has 0 aliphatic heterocycles. The smallest absolute Gasteiger partial charge is 0.0589 e. The Bertz CT molecular complexity index is 159. The van der Waals surface area contributed by atoms with Crippen molar-refractivity contribution >= 4 is 0 Å². The van der Waals surface area contributed by atoms with Crippen LogP contribution in [0.1, 0.15) is 40.5 Å². The Morgan fingerprint density at radius 3 is 2.12 bits per heavy atom. The van der Waals surface area contributed by atoms with Gasteiger partial charge in [0.25, 0.3) is 0 Å². The summed E-state index contributed by atoms with van der Waals surface area (Å²) in [6.45, 7) is 12.6. The third-order valence-corrected chi connectivity index (χ3v) is 3.78. The fourth-order valence-electron chi connectivity index (χ4n) is 1.99. The summed E-state index contributed by atoms with van der Waals surface area (Å²) in [6, 6.07) is 0.555. The molecule has 3 heteroatoms. The normalized spacial score (nSPS) is 12.8. The van der Waals surface area contributed by atoms with Gasteiger partial charge in [0.1, 0.15) is 0 Å². The first-order chi connectivity index (χ1) is 7.55. The molecule has 0 atom stereocenters. The van der Waals surface area contributed by atoms with Crippen LogP contribution in [0.3, 0.4) is 0 Å². The fourth-order valence-corrected chi connectivity index (χ4v) is 1.99. The van der Waals surface area contributed by atoms with Crippen molar-refractivity contribution in [2.24, 2.45) is 11.1 Å². The zero-order chi connectivity index (χ0) is 12.6. The monoisotopic (exact) mass is 230 g/mol. The molecule has 0 saturated carbocycles. The van der Waals surface area contributed by atoms with E-state index in [2.05, 4.69) is 32.6 Å². The summed E-state index contributed by atoms with van der Waals surface area (Å²) in [5.74, 6) is 0. The lowest BCUT2D eigenvalue weighted by atomic mass is 9.81. The van der Waals surface area contributed by atoms with E-state index in [-0.39, 0.29) is 5.41 Å². The summed E-state index contributed by atoms with van der Waals surface area (Å²) in [5, 5.41) is 0. The van der Waals surface area contributed by atoms with Crippen LogP contribution < -0.4 is 5.73 Å². The van der Waals surface area contributed by atoms with Gasteiger partial charge < -0.3 is 10.5 Å². The Labute approximate surface area is 101 Å². The number of rotatable bonds is 9. The van der Waals surface area contributed by atoms with E-state index in [4.69, 9.17) is 10.5 Å². The summed E-state index contributed by atoms with van der Waals surface area (Å²) in [6.07, 6.45) is 2.30. The van der Waals surface area contributed by atoms with Gasteiger partial charge >= 0.3 is 0 Å². The predicted molar refractivity (Wildman–Crippen MR) is 70.7 cm³/mol. The molecule has 0 spiro atoms. The Hall–Kier alpha value is -0.120. The molecule has 0 bridgehead atoms. The first-order valence-electron chi connectivity index (χ1n) is 6.48. The molecule has 0 heterocycles. The standard InChI is InChI=1S/C13H30N2O/c1-6-13(7-2,10-14)11-15(12(3)4)8-9-16-5/h12H,6-11,14H2,1-5H3. The van der Waals surface area contributed by atoms with E-state index in [0.717, 1.165) is 39.1 Å². The van der Waals surface area contributed by atoms with E-state index < -0.39 is 0 Å². The highest BCUT2D eigenvalue weighted by Gasteiger charge is 2.28. The van der Waals surface area contributed by atoms with Gasteiger partial charge in [-0.05, 0) is 38.6 Å². The van der Waals surface area contributed by atoms with Gasteiger partial charge in [-0.2, -0.15) is 0 Å². The van der Waals surface area contributed by atoms with Gasteiger partial charge in [-0.1, -0.05) is 13.8 Å². The molecule has 0 aromatic carbocycles. The van der Waals surface area contributed by atoms with E-state index in [9.17, 15) is 0 Å². The van der Waals surface area contributed by atoms with Crippen molar-refractivity contribution in [3.63, 3.8) is 0 Å². The topological polar surface area (TPSA) is 38.5 Å². The van der Waals surface area contributed by atoms with Crippen LogP contribution in [0, 0.1) is 5.41 Å². The number of ether oxygens (including phenoxy) is 1. The summed E-state index contributed by atoms with van der Waals surface area (Å²) in [7, 11) is 1.76. The number of nitrogens with zero attached hydrogens (tertiary/aromatic N) is 1. The molecule has 0 rings (SSSR count). The molecule has 0 amide bonds. The van der Waals surface area contributed by atoms with Gasteiger partial charge in [-0.15, -0.1) is 0 Å². The second-order valence-corrected chi connectivity index (χ2v) is 4.97. The minimum absolute atomic E-state index is 0.276. The molecule has 0 fully saturated rings. The molecular formula is C13H30N2O. The van der Waals surface area contributed by atoms with Crippen molar-refractivity contribution in [1.82, 2.24) is 4.90 Å². The molecule has 0 saturated heterocycles. The molecule has 3 nitrogen and oxygen atoms in total. The maximum atomic E-state index is 5.95. The summed E-state index contributed by atoms with van der Waals surface area (Å²) in [4.78, 5) is 2.48. The average molecular weight is 230 g/mol. The van der Waals surface area contributed by atoms with Crippen LogP contribution in [0.15, 0.2) is 0 Å². The maximum Gasteiger partial charge on any atom is 0.0589 e. The van der Waals surface area contributed by atoms with Gasteiger partial charge in [-0.3, -0.25) is 4.90 Å². The summed E-state index contributed by atoms with van der Waals surface area (Å²) in [5.41, 5.74) is 6.22. The highest BCUT2D eigenvalue weighted by molar-refractivity contribution is 4.82. The first-order valence-corrected chi connectivity index (χ1v) is 6.48. The Balaban J connectivity index is 4.44. The molecule has 0 aliphatic carbocycles. The van der Waals surface area contributed by atoms with Gasteiger partial charge in [0.05, 0.1) is 6.61 Å². The largest absolute Gasteiger partial charge is 0.383 e. The number of hydrogen-bond donors (Lipinski definition) is 1. The Kier molecular flexibility index (Phi) is 7.98. The highest BCUT2D eigenvalue weighted by Crippen LogP contribution is 2.26. The third-order valence-electron chi connectivity index (χ3n) is 3.78. The first kappa shape index (κ1) is 15.9. The summed E-state index contributed by atoms with van der Waals surface area (Å²) >= 11 is 0. The second-order valence-electron chi connectivity index (χ2n) is 4.97. The van der Waals surface area contributed by atoms with Gasteiger partial charge in [-0.25, -0.2) is 0 Å². The molecule has 0 radical (unpaired) electrons. The number of nitrogens with two attached hydrogens (primary N) is 1.